The van der Waals surface area contributed by atoms with E-state index in [1.165, 1.54) is 12.8 Å². The third kappa shape index (κ3) is 4.27. The van der Waals surface area contributed by atoms with Crippen molar-refractivity contribution in [1.29, 1.82) is 0 Å². The second kappa shape index (κ2) is 7.35. The Morgan fingerprint density at radius 3 is 2.64 bits per heavy atom. The van der Waals surface area contributed by atoms with E-state index in [4.69, 9.17) is 15.2 Å². The third-order valence-corrected chi connectivity index (χ3v) is 4.00. The Morgan fingerprint density at radius 1 is 1.36 bits per heavy atom. The quantitative estimate of drug-likeness (QED) is 0.595. The van der Waals surface area contributed by atoms with E-state index in [9.17, 15) is 0 Å². The maximum atomic E-state index is 5.96. The number of aliphatic imine (C=N–C) groups is 1. The summed E-state index contributed by atoms with van der Waals surface area (Å²) in [7, 11) is 5.36. The van der Waals surface area contributed by atoms with Crippen LogP contribution in [0.4, 0.5) is 5.69 Å². The number of hydrogen-bond acceptors (Lipinski definition) is 4. The Morgan fingerprint density at radius 2 is 2.05 bits per heavy atom. The maximum Gasteiger partial charge on any atom is 0.193 e. The van der Waals surface area contributed by atoms with Crippen molar-refractivity contribution in [1.82, 2.24) is 4.90 Å². The average molecular weight is 306 g/mol. The number of nitrogens with one attached hydrogen (secondary N) is 1. The first kappa shape index (κ1) is 16.4. The Balaban J connectivity index is 1.92. The summed E-state index contributed by atoms with van der Waals surface area (Å²) < 4.78 is 10.5. The summed E-state index contributed by atoms with van der Waals surface area (Å²) in [6.07, 6.45) is 2.59. The van der Waals surface area contributed by atoms with Crippen LogP contribution < -0.4 is 20.5 Å². The number of rotatable bonds is 7. The van der Waals surface area contributed by atoms with Gasteiger partial charge in [-0.3, -0.25) is 9.89 Å². The fraction of sp³-hybridized carbons (Fsp3) is 0.562. The monoisotopic (exact) mass is 306 g/mol. The lowest BCUT2D eigenvalue weighted by molar-refractivity contribution is 0.253. The summed E-state index contributed by atoms with van der Waals surface area (Å²) >= 11 is 0. The van der Waals surface area contributed by atoms with E-state index in [-0.39, 0.29) is 0 Å². The van der Waals surface area contributed by atoms with Crippen LogP contribution in [0.5, 0.6) is 11.5 Å². The molecular weight excluding hydrogens is 280 g/mol. The lowest BCUT2D eigenvalue weighted by Crippen LogP contribution is -2.34. The molecule has 1 atom stereocenters. The van der Waals surface area contributed by atoms with Gasteiger partial charge < -0.3 is 20.5 Å². The van der Waals surface area contributed by atoms with E-state index < -0.39 is 0 Å². The van der Waals surface area contributed by atoms with Gasteiger partial charge in [0.2, 0.25) is 0 Å². The Labute approximate surface area is 132 Å². The summed E-state index contributed by atoms with van der Waals surface area (Å²) in [6.45, 7) is 2.85. The molecule has 22 heavy (non-hydrogen) atoms. The summed E-state index contributed by atoms with van der Waals surface area (Å²) in [6, 6.07) is 6.66. The second-order valence-corrected chi connectivity index (χ2v) is 5.67. The molecule has 0 spiro atoms. The zero-order valence-electron chi connectivity index (χ0n) is 13.8. The molecule has 0 aromatic heterocycles. The highest BCUT2D eigenvalue weighted by atomic mass is 16.5. The minimum absolute atomic E-state index is 0.387. The molecule has 0 radical (unpaired) electrons. The van der Waals surface area contributed by atoms with E-state index in [1.807, 2.05) is 18.2 Å². The van der Waals surface area contributed by atoms with Crippen LogP contribution in [0.2, 0.25) is 0 Å². The van der Waals surface area contributed by atoms with Gasteiger partial charge in [0.1, 0.15) is 0 Å². The molecule has 0 heterocycles. The molecule has 122 valence electrons. The van der Waals surface area contributed by atoms with E-state index in [0.29, 0.717) is 30.0 Å². The molecule has 6 heteroatoms. The van der Waals surface area contributed by atoms with Gasteiger partial charge in [-0.1, -0.05) is 0 Å². The van der Waals surface area contributed by atoms with Crippen molar-refractivity contribution >= 4 is 11.6 Å². The number of benzene rings is 1. The van der Waals surface area contributed by atoms with Crippen LogP contribution in [0.3, 0.4) is 0 Å². The molecule has 1 saturated carbocycles. The van der Waals surface area contributed by atoms with Gasteiger partial charge >= 0.3 is 0 Å². The molecule has 1 unspecified atom stereocenters. The molecule has 0 saturated heterocycles. The first-order valence-corrected chi connectivity index (χ1v) is 7.56. The molecule has 1 aliphatic rings. The lowest BCUT2D eigenvalue weighted by atomic mass is 10.2. The van der Waals surface area contributed by atoms with Crippen LogP contribution in [0.1, 0.15) is 19.8 Å². The van der Waals surface area contributed by atoms with Crippen LogP contribution in [-0.2, 0) is 0 Å². The van der Waals surface area contributed by atoms with Crippen molar-refractivity contribution in [2.75, 3.05) is 33.1 Å². The van der Waals surface area contributed by atoms with Crippen molar-refractivity contribution in [3.8, 4) is 11.5 Å². The fourth-order valence-electron chi connectivity index (χ4n) is 2.30. The average Bonchev–Trinajstić information content (AvgIpc) is 3.36. The normalized spacial score (nSPS) is 16.5. The summed E-state index contributed by atoms with van der Waals surface area (Å²) in [5, 5.41) is 3.08. The number of methoxy groups -OCH3 is 2. The molecule has 1 aliphatic carbocycles. The number of nitrogens with zero attached hydrogens (tertiary/aromatic N) is 2. The maximum absolute atomic E-state index is 5.96. The Kier molecular flexibility index (Phi) is 5.49. The summed E-state index contributed by atoms with van der Waals surface area (Å²) in [5.74, 6) is 1.74. The van der Waals surface area contributed by atoms with Crippen molar-refractivity contribution < 1.29 is 9.47 Å². The van der Waals surface area contributed by atoms with Crippen molar-refractivity contribution in [3.05, 3.63) is 18.2 Å². The lowest BCUT2D eigenvalue weighted by Gasteiger charge is -2.22. The minimum Gasteiger partial charge on any atom is -0.493 e. The van der Waals surface area contributed by atoms with E-state index >= 15 is 0 Å². The molecule has 6 nitrogen and oxygen atoms in total. The largest absolute Gasteiger partial charge is 0.493 e. The van der Waals surface area contributed by atoms with Crippen molar-refractivity contribution in [3.63, 3.8) is 0 Å². The van der Waals surface area contributed by atoms with Crippen LogP contribution in [0.15, 0.2) is 23.2 Å². The fourth-order valence-corrected chi connectivity index (χ4v) is 2.30. The SMILES string of the molecule is COc1ccc(NC(N)=NCC(C)N(C)C2CC2)cc1OC. The van der Waals surface area contributed by atoms with Gasteiger partial charge in [0, 0.05) is 23.8 Å². The molecule has 1 aromatic rings. The van der Waals surface area contributed by atoms with Gasteiger partial charge in [-0.2, -0.15) is 0 Å². The molecule has 1 fully saturated rings. The zero-order valence-corrected chi connectivity index (χ0v) is 13.8. The number of likely N-dealkylation sites (N-methyl/N-ethyl adjacent to an activating group) is 1. The number of hydrogen-bond donors (Lipinski definition) is 2. The van der Waals surface area contributed by atoms with E-state index in [2.05, 4.69) is 29.2 Å². The van der Waals surface area contributed by atoms with Crippen LogP contribution in [-0.4, -0.2) is 50.8 Å². The Bertz CT molecular complexity index is 529. The third-order valence-electron chi connectivity index (χ3n) is 4.00. The molecule has 1 aromatic carbocycles. The highest BCUT2D eigenvalue weighted by Gasteiger charge is 2.28. The predicted octanol–water partition coefficient (Wildman–Crippen LogP) is 1.91. The van der Waals surface area contributed by atoms with Crippen LogP contribution in [0, 0.1) is 0 Å². The minimum atomic E-state index is 0.387. The summed E-state index contributed by atoms with van der Waals surface area (Å²) in [5.41, 5.74) is 6.78. The van der Waals surface area contributed by atoms with Gasteiger partial charge in [-0.05, 0) is 38.9 Å². The van der Waals surface area contributed by atoms with Gasteiger partial charge in [-0.25, -0.2) is 0 Å². The number of ether oxygens (including phenoxy) is 2. The first-order valence-electron chi connectivity index (χ1n) is 7.56. The number of guanidine groups is 1. The van der Waals surface area contributed by atoms with Crippen molar-refractivity contribution in [2.45, 2.75) is 31.8 Å². The molecule has 2 rings (SSSR count). The zero-order chi connectivity index (χ0) is 16.1. The molecule has 3 N–H and O–H groups in total. The number of anilines is 1. The van der Waals surface area contributed by atoms with Gasteiger partial charge in [0.05, 0.1) is 20.8 Å². The van der Waals surface area contributed by atoms with Gasteiger partial charge in [0.25, 0.3) is 0 Å². The van der Waals surface area contributed by atoms with E-state index in [1.54, 1.807) is 14.2 Å². The first-order chi connectivity index (χ1) is 10.5. The van der Waals surface area contributed by atoms with Gasteiger partial charge in [0.15, 0.2) is 17.5 Å². The predicted molar refractivity (Wildman–Crippen MR) is 89.9 cm³/mol. The molecular formula is C16H26N4O2. The summed E-state index contributed by atoms with van der Waals surface area (Å²) in [4.78, 5) is 6.79. The van der Waals surface area contributed by atoms with Gasteiger partial charge in [-0.15, -0.1) is 0 Å². The second-order valence-electron chi connectivity index (χ2n) is 5.67. The van der Waals surface area contributed by atoms with Crippen LogP contribution >= 0.6 is 0 Å². The highest BCUT2D eigenvalue weighted by molar-refractivity contribution is 5.92. The topological polar surface area (TPSA) is 72.1 Å². The highest BCUT2D eigenvalue weighted by Crippen LogP contribution is 2.29. The Hall–Kier alpha value is -1.95. The molecule has 0 aliphatic heterocycles. The molecule has 0 bridgehead atoms. The smallest absolute Gasteiger partial charge is 0.193 e. The molecule has 0 amide bonds. The van der Waals surface area contributed by atoms with E-state index in [0.717, 1.165) is 11.7 Å². The standard InChI is InChI=1S/C16H26N4O2/c1-11(20(2)13-6-7-13)10-18-16(17)19-12-5-8-14(21-3)15(9-12)22-4/h5,8-9,11,13H,6-7,10H2,1-4H3,(H3,17,18,19). The number of nitrogens with two attached hydrogens (primary N) is 1. The van der Waals surface area contributed by atoms with Crippen molar-refractivity contribution in [2.24, 2.45) is 10.7 Å². The van der Waals surface area contributed by atoms with Crippen LogP contribution in [0.25, 0.3) is 0 Å².